The number of carboxylic acid groups (broad SMARTS) is 1. The first-order valence-electron chi connectivity index (χ1n) is 4.72. The van der Waals surface area contributed by atoms with Crippen molar-refractivity contribution < 1.29 is 9.90 Å². The van der Waals surface area contributed by atoms with Crippen molar-refractivity contribution in [3.8, 4) is 0 Å². The van der Waals surface area contributed by atoms with Crippen LogP contribution in [0.15, 0.2) is 0 Å². The molecule has 1 amide bonds. The first-order valence-corrected chi connectivity index (χ1v) is 6.60. The van der Waals surface area contributed by atoms with Gasteiger partial charge in [0.25, 0.3) is 0 Å². The lowest BCUT2D eigenvalue weighted by atomic mass is 10.3. The van der Waals surface area contributed by atoms with Crippen molar-refractivity contribution in [2.45, 2.75) is 27.7 Å². The van der Waals surface area contributed by atoms with Gasteiger partial charge in [-0.25, -0.2) is 4.79 Å². The predicted octanol–water partition coefficient (Wildman–Crippen LogP) is 3.57. The second-order valence-corrected chi connectivity index (χ2v) is 6.06. The minimum absolute atomic E-state index is 0.515. The molecule has 0 heterocycles. The van der Waals surface area contributed by atoms with Crippen LogP contribution in [0.2, 0.25) is 0 Å². The van der Waals surface area contributed by atoms with Gasteiger partial charge in [0.05, 0.1) is 0 Å². The fraction of sp³-hybridized carbons (Fsp3) is 0.889. The molecule has 0 saturated heterocycles. The zero-order chi connectivity index (χ0) is 11.1. The first kappa shape index (κ1) is 14.0. The summed E-state index contributed by atoms with van der Waals surface area (Å²) >= 11 is 2.75. The SMILES string of the molecule is CC(C)CSN(SCC(C)C)C(=O)O. The lowest BCUT2D eigenvalue weighted by molar-refractivity contribution is 0.190. The van der Waals surface area contributed by atoms with Crippen LogP contribution in [0, 0.1) is 11.8 Å². The average Bonchev–Trinajstić information content (AvgIpc) is 2.02. The molecule has 0 aliphatic carbocycles. The van der Waals surface area contributed by atoms with E-state index in [2.05, 4.69) is 27.7 Å². The maximum absolute atomic E-state index is 10.8. The third-order valence-electron chi connectivity index (χ3n) is 1.21. The third-order valence-corrected chi connectivity index (χ3v) is 4.25. The van der Waals surface area contributed by atoms with E-state index in [0.29, 0.717) is 11.8 Å². The number of rotatable bonds is 6. The Kier molecular flexibility index (Phi) is 7.27. The fourth-order valence-electron chi connectivity index (χ4n) is 0.581. The Morgan fingerprint density at radius 2 is 1.50 bits per heavy atom. The van der Waals surface area contributed by atoms with E-state index in [4.69, 9.17) is 5.11 Å². The Labute approximate surface area is 94.9 Å². The van der Waals surface area contributed by atoms with Crippen LogP contribution < -0.4 is 0 Å². The van der Waals surface area contributed by atoms with Crippen molar-refractivity contribution >= 4 is 30.0 Å². The molecule has 0 saturated carbocycles. The molecule has 0 rings (SSSR count). The van der Waals surface area contributed by atoms with Gasteiger partial charge in [-0.3, -0.25) is 0 Å². The van der Waals surface area contributed by atoms with Crippen molar-refractivity contribution in [1.82, 2.24) is 3.71 Å². The summed E-state index contributed by atoms with van der Waals surface area (Å²) in [6.07, 6.45) is -0.860. The summed E-state index contributed by atoms with van der Waals surface area (Å²) in [5, 5.41) is 8.88. The summed E-state index contributed by atoms with van der Waals surface area (Å²) < 4.78 is 1.36. The van der Waals surface area contributed by atoms with Crippen LogP contribution in [0.5, 0.6) is 0 Å². The molecule has 14 heavy (non-hydrogen) atoms. The molecule has 0 aliphatic rings. The average molecular weight is 237 g/mol. The van der Waals surface area contributed by atoms with Crippen molar-refractivity contribution in [3.05, 3.63) is 0 Å². The van der Waals surface area contributed by atoms with Crippen molar-refractivity contribution in [2.75, 3.05) is 11.5 Å². The van der Waals surface area contributed by atoms with Gasteiger partial charge >= 0.3 is 6.09 Å². The van der Waals surface area contributed by atoms with Crippen LogP contribution in [0.1, 0.15) is 27.7 Å². The molecule has 84 valence electrons. The Hall–Kier alpha value is -0.0300. The second-order valence-electron chi connectivity index (χ2n) is 3.92. The summed E-state index contributed by atoms with van der Waals surface area (Å²) in [7, 11) is 0. The highest BCUT2D eigenvalue weighted by Crippen LogP contribution is 2.25. The van der Waals surface area contributed by atoms with Crippen LogP contribution in [-0.2, 0) is 0 Å². The van der Waals surface area contributed by atoms with Gasteiger partial charge in [-0.05, 0) is 35.7 Å². The lowest BCUT2D eigenvalue weighted by Crippen LogP contribution is -2.17. The molecule has 0 unspecified atom stereocenters. The minimum Gasteiger partial charge on any atom is -0.464 e. The Bertz CT molecular complexity index is 162. The van der Waals surface area contributed by atoms with E-state index in [0.717, 1.165) is 11.5 Å². The van der Waals surface area contributed by atoms with Crippen LogP contribution in [0.3, 0.4) is 0 Å². The minimum atomic E-state index is -0.860. The van der Waals surface area contributed by atoms with Gasteiger partial charge in [-0.1, -0.05) is 27.7 Å². The summed E-state index contributed by atoms with van der Waals surface area (Å²) in [5.74, 6) is 2.72. The molecule has 5 heteroatoms. The van der Waals surface area contributed by atoms with Gasteiger partial charge < -0.3 is 5.11 Å². The van der Waals surface area contributed by atoms with E-state index in [9.17, 15) is 4.79 Å². The Morgan fingerprint density at radius 3 is 1.71 bits per heavy atom. The summed E-state index contributed by atoms with van der Waals surface area (Å²) in [6, 6.07) is 0. The quantitative estimate of drug-likeness (QED) is 0.717. The van der Waals surface area contributed by atoms with Crippen molar-refractivity contribution in [3.63, 3.8) is 0 Å². The number of carbonyl (C=O) groups is 1. The number of hydrogen-bond donors (Lipinski definition) is 1. The molecule has 0 aromatic carbocycles. The molecule has 0 radical (unpaired) electrons. The van der Waals surface area contributed by atoms with E-state index in [1.54, 1.807) is 0 Å². The van der Waals surface area contributed by atoms with E-state index >= 15 is 0 Å². The molecule has 0 aromatic rings. The van der Waals surface area contributed by atoms with Crippen LogP contribution in [0.4, 0.5) is 4.79 Å². The van der Waals surface area contributed by atoms with E-state index in [1.165, 1.54) is 27.6 Å². The van der Waals surface area contributed by atoms with Gasteiger partial charge in [0.2, 0.25) is 0 Å². The van der Waals surface area contributed by atoms with Crippen LogP contribution >= 0.6 is 23.9 Å². The predicted molar refractivity (Wildman–Crippen MR) is 64.5 cm³/mol. The van der Waals surface area contributed by atoms with Crippen molar-refractivity contribution in [1.29, 1.82) is 0 Å². The van der Waals surface area contributed by atoms with E-state index in [-0.39, 0.29) is 0 Å². The smallest absolute Gasteiger partial charge is 0.427 e. The standard InChI is InChI=1S/C9H19NO2S2/c1-7(2)5-13-10(9(11)12)14-6-8(3)4/h7-8H,5-6H2,1-4H3,(H,11,12). The first-order chi connectivity index (χ1) is 6.43. The molecular weight excluding hydrogens is 218 g/mol. The third kappa shape index (κ3) is 7.38. The highest BCUT2D eigenvalue weighted by atomic mass is 32.2. The molecule has 3 nitrogen and oxygen atoms in total. The Balaban J connectivity index is 3.84. The van der Waals surface area contributed by atoms with Crippen LogP contribution in [0.25, 0.3) is 0 Å². The molecular formula is C9H19NO2S2. The molecule has 0 aliphatic heterocycles. The highest BCUT2D eigenvalue weighted by Gasteiger charge is 2.14. The maximum Gasteiger partial charge on any atom is 0.427 e. The molecule has 0 bridgehead atoms. The second kappa shape index (κ2) is 7.29. The number of nitrogens with zero attached hydrogens (tertiary/aromatic N) is 1. The van der Waals surface area contributed by atoms with E-state index < -0.39 is 6.09 Å². The number of hydrogen-bond acceptors (Lipinski definition) is 3. The normalized spacial score (nSPS) is 11.0. The summed E-state index contributed by atoms with van der Waals surface area (Å²) in [4.78, 5) is 10.8. The molecule has 1 N–H and O–H groups in total. The lowest BCUT2D eigenvalue weighted by Gasteiger charge is -2.18. The zero-order valence-corrected chi connectivity index (χ0v) is 10.8. The summed E-state index contributed by atoms with van der Waals surface area (Å²) in [6.45, 7) is 8.33. The van der Waals surface area contributed by atoms with Gasteiger partial charge in [0.1, 0.15) is 0 Å². The Morgan fingerprint density at radius 1 is 1.14 bits per heavy atom. The monoisotopic (exact) mass is 237 g/mol. The van der Waals surface area contributed by atoms with Gasteiger partial charge in [-0.2, -0.15) is 3.71 Å². The largest absolute Gasteiger partial charge is 0.464 e. The van der Waals surface area contributed by atoms with Crippen LogP contribution in [-0.4, -0.2) is 26.4 Å². The maximum atomic E-state index is 10.8. The van der Waals surface area contributed by atoms with Gasteiger partial charge in [0, 0.05) is 11.5 Å². The highest BCUT2D eigenvalue weighted by molar-refractivity contribution is 8.12. The fourth-order valence-corrected chi connectivity index (χ4v) is 2.33. The van der Waals surface area contributed by atoms with Gasteiger partial charge in [-0.15, -0.1) is 0 Å². The molecule has 0 fully saturated rings. The topological polar surface area (TPSA) is 40.5 Å². The van der Waals surface area contributed by atoms with E-state index in [1.807, 2.05) is 0 Å². The number of amides is 1. The van der Waals surface area contributed by atoms with Crippen molar-refractivity contribution in [2.24, 2.45) is 11.8 Å². The van der Waals surface area contributed by atoms with Gasteiger partial charge in [0.15, 0.2) is 0 Å². The summed E-state index contributed by atoms with van der Waals surface area (Å²) in [5.41, 5.74) is 0. The molecule has 0 spiro atoms. The molecule has 0 aromatic heterocycles. The molecule has 0 atom stereocenters. The zero-order valence-electron chi connectivity index (χ0n) is 9.19.